The van der Waals surface area contributed by atoms with Crippen LogP contribution in [0.3, 0.4) is 0 Å². The molecule has 4 nitrogen and oxygen atoms in total. The van der Waals surface area contributed by atoms with Crippen LogP contribution in [0.5, 0.6) is 0 Å². The number of amidine groups is 1. The van der Waals surface area contributed by atoms with Gasteiger partial charge in [0.15, 0.2) is 0 Å². The molecule has 0 aliphatic carbocycles. The van der Waals surface area contributed by atoms with E-state index in [2.05, 4.69) is 11.7 Å². The van der Waals surface area contributed by atoms with E-state index in [9.17, 15) is 0 Å². The third-order valence-electron chi connectivity index (χ3n) is 1.36. The molecular weight excluding hydrogens is 176 g/mol. The van der Waals surface area contributed by atoms with Crippen molar-refractivity contribution in [1.29, 1.82) is 10.8 Å². The highest BCUT2D eigenvalue weighted by molar-refractivity contribution is 5.94. The molecule has 72 valence electrons. The summed E-state index contributed by atoms with van der Waals surface area (Å²) >= 11 is 0. The lowest BCUT2D eigenvalue weighted by Gasteiger charge is -1.96. The minimum Gasteiger partial charge on any atom is -0.390 e. The van der Waals surface area contributed by atoms with E-state index in [-0.39, 0.29) is 5.84 Å². The lowest BCUT2D eigenvalue weighted by Crippen LogP contribution is -2.10. The number of nitrogens with two attached hydrogens (primary N) is 2. The Morgan fingerprint density at radius 3 is 2.07 bits per heavy atom. The van der Waals surface area contributed by atoms with Gasteiger partial charge in [0.25, 0.3) is 0 Å². The molecule has 0 fully saturated rings. The molecule has 0 spiro atoms. The molecule has 0 saturated carbocycles. The van der Waals surface area contributed by atoms with Crippen molar-refractivity contribution in [2.45, 2.75) is 0 Å². The lowest BCUT2D eigenvalue weighted by molar-refractivity contribution is 1.42. The lowest BCUT2D eigenvalue weighted by atomic mass is 10.1. The van der Waals surface area contributed by atoms with Crippen LogP contribution in [0.1, 0.15) is 11.1 Å². The Kier molecular flexibility index (Phi) is 5.24. The number of rotatable bonds is 1. The summed E-state index contributed by atoms with van der Waals surface area (Å²) < 4.78 is 0. The van der Waals surface area contributed by atoms with Crippen LogP contribution < -0.4 is 11.5 Å². The number of hydrogen-bond donors (Lipinski definition) is 4. The molecule has 0 bridgehead atoms. The molecule has 0 amide bonds. The molecule has 6 N–H and O–H groups in total. The maximum absolute atomic E-state index is 7.09. The number of terminal acetylenes is 1. The molecule has 1 aromatic rings. The molecule has 0 heterocycles. The maximum atomic E-state index is 7.09. The van der Waals surface area contributed by atoms with E-state index in [0.29, 0.717) is 5.56 Å². The fourth-order valence-corrected chi connectivity index (χ4v) is 0.746. The monoisotopic (exact) mass is 188 g/mol. The Hall–Kier alpha value is -2.28. The van der Waals surface area contributed by atoms with E-state index >= 15 is 0 Å². The van der Waals surface area contributed by atoms with Crippen LogP contribution in [-0.4, -0.2) is 12.2 Å². The van der Waals surface area contributed by atoms with Crippen LogP contribution in [0.4, 0.5) is 0 Å². The summed E-state index contributed by atoms with van der Waals surface area (Å²) in [5, 5.41) is 13.0. The Morgan fingerprint density at radius 2 is 1.79 bits per heavy atom. The summed E-state index contributed by atoms with van der Waals surface area (Å²) in [5.41, 5.74) is 11.1. The van der Waals surface area contributed by atoms with Gasteiger partial charge in [-0.15, -0.1) is 6.42 Å². The molecule has 14 heavy (non-hydrogen) atoms. The highest BCUT2D eigenvalue weighted by Crippen LogP contribution is 2.01. The molecular formula is C10H12N4. The summed E-state index contributed by atoms with van der Waals surface area (Å²) in [5.74, 6) is 2.55. The summed E-state index contributed by atoms with van der Waals surface area (Å²) in [4.78, 5) is 0. The van der Waals surface area contributed by atoms with Crippen molar-refractivity contribution in [1.82, 2.24) is 0 Å². The van der Waals surface area contributed by atoms with Gasteiger partial charge in [-0.1, -0.05) is 18.1 Å². The molecule has 0 unspecified atom stereocenters. The van der Waals surface area contributed by atoms with Gasteiger partial charge < -0.3 is 11.5 Å². The average Bonchev–Trinajstić information content (AvgIpc) is 2.19. The molecule has 4 heteroatoms. The van der Waals surface area contributed by atoms with Gasteiger partial charge in [-0.25, -0.2) is 0 Å². The molecule has 0 saturated heterocycles. The third kappa shape index (κ3) is 3.93. The smallest absolute Gasteiger partial charge is 0.122 e. The van der Waals surface area contributed by atoms with Crippen LogP contribution >= 0.6 is 0 Å². The van der Waals surface area contributed by atoms with Gasteiger partial charge in [-0.3, -0.25) is 10.8 Å². The molecule has 0 radical (unpaired) electrons. The van der Waals surface area contributed by atoms with E-state index in [1.807, 2.05) is 0 Å². The zero-order valence-electron chi connectivity index (χ0n) is 7.62. The van der Waals surface area contributed by atoms with Gasteiger partial charge in [0, 0.05) is 11.1 Å². The van der Waals surface area contributed by atoms with E-state index in [1.54, 1.807) is 24.3 Å². The van der Waals surface area contributed by atoms with Gasteiger partial charge in [0.05, 0.1) is 6.34 Å². The first-order valence-corrected chi connectivity index (χ1v) is 3.77. The van der Waals surface area contributed by atoms with E-state index in [4.69, 9.17) is 23.0 Å². The molecule has 1 rings (SSSR count). The average molecular weight is 188 g/mol. The van der Waals surface area contributed by atoms with Crippen LogP contribution in [0, 0.1) is 23.2 Å². The second-order valence-electron chi connectivity index (χ2n) is 2.30. The van der Waals surface area contributed by atoms with Crippen molar-refractivity contribution >= 4 is 12.2 Å². The van der Waals surface area contributed by atoms with Crippen molar-refractivity contribution < 1.29 is 0 Å². The third-order valence-corrected chi connectivity index (χ3v) is 1.36. The number of nitrogens with one attached hydrogen (secondary N) is 2. The first-order valence-electron chi connectivity index (χ1n) is 3.77. The van der Waals surface area contributed by atoms with E-state index < -0.39 is 0 Å². The van der Waals surface area contributed by atoms with Crippen LogP contribution in [0.25, 0.3) is 0 Å². The summed E-state index contributed by atoms with van der Waals surface area (Å²) in [6, 6.07) is 6.99. The highest BCUT2D eigenvalue weighted by atomic mass is 14.7. The summed E-state index contributed by atoms with van der Waals surface area (Å²) in [6.45, 7) is 0. The molecule has 0 aromatic heterocycles. The largest absolute Gasteiger partial charge is 0.390 e. The van der Waals surface area contributed by atoms with Gasteiger partial charge >= 0.3 is 0 Å². The van der Waals surface area contributed by atoms with Crippen molar-refractivity contribution in [2.75, 3.05) is 0 Å². The van der Waals surface area contributed by atoms with Gasteiger partial charge in [0.1, 0.15) is 5.84 Å². The first kappa shape index (κ1) is 11.7. The van der Waals surface area contributed by atoms with Gasteiger partial charge in [-0.2, -0.15) is 0 Å². The van der Waals surface area contributed by atoms with Crippen LogP contribution in [0.2, 0.25) is 0 Å². The van der Waals surface area contributed by atoms with E-state index in [0.717, 1.165) is 11.9 Å². The molecule has 0 atom stereocenters. The Morgan fingerprint density at radius 1 is 1.36 bits per heavy atom. The van der Waals surface area contributed by atoms with Crippen LogP contribution in [-0.2, 0) is 0 Å². The summed E-state index contributed by atoms with van der Waals surface area (Å²) in [7, 11) is 0. The predicted molar refractivity (Wildman–Crippen MR) is 58.4 cm³/mol. The van der Waals surface area contributed by atoms with Gasteiger partial charge in [-0.05, 0) is 12.1 Å². The van der Waals surface area contributed by atoms with Crippen molar-refractivity contribution in [3.8, 4) is 12.3 Å². The molecule has 0 aliphatic rings. The maximum Gasteiger partial charge on any atom is 0.122 e. The van der Waals surface area contributed by atoms with Crippen molar-refractivity contribution in [2.24, 2.45) is 11.5 Å². The highest BCUT2D eigenvalue weighted by Gasteiger charge is 1.93. The standard InChI is InChI=1S/C9H8N2.CH4N2/c1-2-7-3-5-8(6-4-7)9(10)11;2-1-3/h1,3-6H,(H3,10,11);1H,(H3,2,3). The van der Waals surface area contributed by atoms with E-state index in [1.165, 1.54) is 0 Å². The molecule has 1 aromatic carbocycles. The predicted octanol–water partition coefficient (Wildman–Crippen LogP) is 0.504. The topological polar surface area (TPSA) is 99.7 Å². The minimum absolute atomic E-state index is 0.0635. The quantitative estimate of drug-likeness (QED) is 0.293. The first-order chi connectivity index (χ1) is 6.65. The zero-order chi connectivity index (χ0) is 11.0. The number of hydrogen-bond acceptors (Lipinski definition) is 2. The van der Waals surface area contributed by atoms with Gasteiger partial charge in [0.2, 0.25) is 0 Å². The number of benzene rings is 1. The number of nitrogen functional groups attached to an aromatic ring is 1. The SMILES string of the molecule is C#Cc1ccc(C(=N)N)cc1.N=CN. The zero-order valence-corrected chi connectivity index (χ0v) is 7.62. The summed E-state index contributed by atoms with van der Waals surface area (Å²) in [6.07, 6.45) is 5.89. The second kappa shape index (κ2) is 6.26. The Labute approximate surface area is 82.9 Å². The Balaban J connectivity index is 0.000000500. The second-order valence-corrected chi connectivity index (χ2v) is 2.30. The van der Waals surface area contributed by atoms with Crippen molar-refractivity contribution in [3.63, 3.8) is 0 Å². The fraction of sp³-hybridized carbons (Fsp3) is 0. The van der Waals surface area contributed by atoms with Crippen molar-refractivity contribution in [3.05, 3.63) is 35.4 Å². The fourth-order valence-electron chi connectivity index (χ4n) is 0.746. The minimum atomic E-state index is 0.0635. The molecule has 0 aliphatic heterocycles. The van der Waals surface area contributed by atoms with Crippen LogP contribution in [0.15, 0.2) is 24.3 Å². The Bertz CT molecular complexity index is 345. The normalized spacial score (nSPS) is 7.64.